The first-order valence-electron chi connectivity index (χ1n) is 5.98. The Hall–Kier alpha value is -1.24. The largest absolute Gasteiger partial charge is 0.235 e. The Kier molecular flexibility index (Phi) is 4.03. The molecule has 0 aromatic rings. The number of carbonyl (C=O) groups excluding carboxylic acids is 2. The summed E-state index contributed by atoms with van der Waals surface area (Å²) in [5, 5.41) is 0. The van der Waals surface area contributed by atoms with Gasteiger partial charge in [0.05, 0.1) is 11.6 Å². The molecule has 3 unspecified atom stereocenters. The van der Waals surface area contributed by atoms with Gasteiger partial charge in [-0.3, -0.25) is 0 Å². The van der Waals surface area contributed by atoms with Gasteiger partial charge in [-0.1, -0.05) is 13.8 Å². The van der Waals surface area contributed by atoms with Gasteiger partial charge in [0.1, 0.15) is 0 Å². The van der Waals surface area contributed by atoms with Crippen molar-refractivity contribution in [3.63, 3.8) is 0 Å². The van der Waals surface area contributed by atoms with Crippen molar-refractivity contribution < 1.29 is 9.59 Å². The molecule has 0 aromatic carbocycles. The van der Waals surface area contributed by atoms with E-state index in [2.05, 4.69) is 23.8 Å². The number of aliphatic imine (C=N–C) groups is 2. The summed E-state index contributed by atoms with van der Waals surface area (Å²) in [4.78, 5) is 28.6. The SMILES string of the molecule is CC(N=C=O)C1CC(C)(C)CC(C)(N=C=O)C1. The van der Waals surface area contributed by atoms with Gasteiger partial charge in [-0.25, -0.2) is 14.6 Å². The Morgan fingerprint density at radius 2 is 1.82 bits per heavy atom. The molecule has 1 rings (SSSR count). The van der Waals surface area contributed by atoms with Crippen molar-refractivity contribution in [2.45, 2.75) is 58.5 Å². The Balaban J connectivity index is 2.95. The highest BCUT2D eigenvalue weighted by Crippen LogP contribution is 2.46. The predicted octanol–water partition coefficient (Wildman–Crippen LogP) is 2.63. The molecular weight excluding hydrogens is 216 g/mol. The first-order valence-corrected chi connectivity index (χ1v) is 5.98. The molecule has 0 aliphatic heterocycles. The summed E-state index contributed by atoms with van der Waals surface area (Å²) >= 11 is 0. The van der Waals surface area contributed by atoms with Crippen LogP contribution >= 0.6 is 0 Å². The third-order valence-electron chi connectivity index (χ3n) is 3.63. The van der Waals surface area contributed by atoms with E-state index in [-0.39, 0.29) is 22.9 Å². The van der Waals surface area contributed by atoms with Crippen LogP contribution in [0.25, 0.3) is 0 Å². The summed E-state index contributed by atoms with van der Waals surface area (Å²) in [5.41, 5.74) is -0.272. The van der Waals surface area contributed by atoms with E-state index >= 15 is 0 Å². The fourth-order valence-corrected chi connectivity index (χ4v) is 3.25. The van der Waals surface area contributed by atoms with Crippen LogP contribution in [0.1, 0.15) is 47.0 Å². The lowest BCUT2D eigenvalue weighted by atomic mass is 9.63. The summed E-state index contributed by atoms with van der Waals surface area (Å²) in [5.74, 6) is 0.266. The molecule has 94 valence electrons. The van der Waals surface area contributed by atoms with Crippen LogP contribution in [-0.2, 0) is 9.59 Å². The highest BCUT2D eigenvalue weighted by Gasteiger charge is 2.43. The molecule has 1 aliphatic rings. The summed E-state index contributed by atoms with van der Waals surface area (Å²) in [7, 11) is 0. The van der Waals surface area contributed by atoms with E-state index < -0.39 is 0 Å². The van der Waals surface area contributed by atoms with Crippen LogP contribution in [0.5, 0.6) is 0 Å². The number of hydrogen-bond donors (Lipinski definition) is 0. The zero-order chi connectivity index (χ0) is 13.1. The van der Waals surface area contributed by atoms with Crippen LogP contribution < -0.4 is 0 Å². The van der Waals surface area contributed by atoms with Crippen LogP contribution in [0.3, 0.4) is 0 Å². The minimum atomic E-state index is -0.374. The fraction of sp³-hybridized carbons (Fsp3) is 0.846. The molecule has 0 bridgehead atoms. The van der Waals surface area contributed by atoms with E-state index in [0.29, 0.717) is 0 Å². The standard InChI is InChI=1S/C13H20N2O2/c1-10(14-8-16)11-5-12(2,3)7-13(4,6-11)15-9-17/h10-11H,5-7H2,1-4H3. The molecule has 0 spiro atoms. The molecule has 0 radical (unpaired) electrons. The van der Waals surface area contributed by atoms with Crippen LogP contribution in [0.4, 0.5) is 0 Å². The van der Waals surface area contributed by atoms with E-state index in [4.69, 9.17) is 0 Å². The molecular formula is C13H20N2O2. The highest BCUT2D eigenvalue weighted by molar-refractivity contribution is 5.35. The lowest BCUT2D eigenvalue weighted by Crippen LogP contribution is -2.42. The molecule has 0 amide bonds. The van der Waals surface area contributed by atoms with Gasteiger partial charge in [-0.2, -0.15) is 4.99 Å². The molecule has 4 heteroatoms. The number of hydrogen-bond acceptors (Lipinski definition) is 4. The van der Waals surface area contributed by atoms with Gasteiger partial charge >= 0.3 is 0 Å². The minimum absolute atomic E-state index is 0.0618. The van der Waals surface area contributed by atoms with Crippen molar-refractivity contribution in [2.75, 3.05) is 0 Å². The third kappa shape index (κ3) is 3.62. The van der Waals surface area contributed by atoms with Crippen molar-refractivity contribution in [1.82, 2.24) is 0 Å². The summed E-state index contributed by atoms with van der Waals surface area (Å²) in [6.07, 6.45) is 5.92. The minimum Gasteiger partial charge on any atom is -0.211 e. The second kappa shape index (κ2) is 4.95. The maximum absolute atomic E-state index is 10.5. The third-order valence-corrected chi connectivity index (χ3v) is 3.63. The number of nitrogens with zero attached hydrogens (tertiary/aromatic N) is 2. The first-order chi connectivity index (χ1) is 7.82. The van der Waals surface area contributed by atoms with E-state index in [9.17, 15) is 9.59 Å². The maximum atomic E-state index is 10.5. The van der Waals surface area contributed by atoms with E-state index in [1.807, 2.05) is 13.8 Å². The second-order valence-corrected chi connectivity index (χ2v) is 6.17. The lowest BCUT2D eigenvalue weighted by Gasteiger charge is -2.44. The van der Waals surface area contributed by atoms with E-state index in [1.54, 1.807) is 12.2 Å². The molecule has 0 aromatic heterocycles. The lowest BCUT2D eigenvalue weighted by molar-refractivity contribution is 0.101. The van der Waals surface area contributed by atoms with Crippen molar-refractivity contribution in [3.8, 4) is 0 Å². The monoisotopic (exact) mass is 236 g/mol. The quantitative estimate of drug-likeness (QED) is 0.558. The van der Waals surface area contributed by atoms with Gasteiger partial charge in [0.25, 0.3) is 0 Å². The molecule has 1 aliphatic carbocycles. The molecule has 3 atom stereocenters. The molecule has 17 heavy (non-hydrogen) atoms. The van der Waals surface area contributed by atoms with Crippen LogP contribution in [0, 0.1) is 11.3 Å². The number of rotatable bonds is 3. The topological polar surface area (TPSA) is 58.9 Å². The van der Waals surface area contributed by atoms with Gasteiger partial charge in [-0.15, -0.1) is 0 Å². The van der Waals surface area contributed by atoms with Crippen LogP contribution in [0.15, 0.2) is 9.98 Å². The van der Waals surface area contributed by atoms with Gasteiger partial charge in [-0.05, 0) is 44.4 Å². The normalized spacial score (nSPS) is 33.1. The second-order valence-electron chi connectivity index (χ2n) is 6.17. The fourth-order valence-electron chi connectivity index (χ4n) is 3.25. The van der Waals surface area contributed by atoms with E-state index in [1.165, 1.54) is 0 Å². The van der Waals surface area contributed by atoms with Gasteiger partial charge in [0, 0.05) is 0 Å². The number of isocyanates is 2. The zero-order valence-electron chi connectivity index (χ0n) is 11.0. The molecule has 0 saturated heterocycles. The molecule has 0 N–H and O–H groups in total. The Morgan fingerprint density at radius 3 is 2.35 bits per heavy atom. The Morgan fingerprint density at radius 1 is 1.18 bits per heavy atom. The van der Waals surface area contributed by atoms with Crippen molar-refractivity contribution in [2.24, 2.45) is 21.3 Å². The van der Waals surface area contributed by atoms with Gasteiger partial charge in [0.2, 0.25) is 12.2 Å². The highest BCUT2D eigenvalue weighted by atomic mass is 16.1. The average molecular weight is 236 g/mol. The van der Waals surface area contributed by atoms with Crippen molar-refractivity contribution in [1.29, 1.82) is 0 Å². The Bertz CT molecular complexity index is 379. The Labute approximate surface area is 102 Å². The van der Waals surface area contributed by atoms with E-state index in [0.717, 1.165) is 19.3 Å². The van der Waals surface area contributed by atoms with Crippen LogP contribution in [-0.4, -0.2) is 23.7 Å². The first kappa shape index (κ1) is 13.8. The predicted molar refractivity (Wildman–Crippen MR) is 65.2 cm³/mol. The average Bonchev–Trinajstić information content (AvgIpc) is 2.14. The van der Waals surface area contributed by atoms with Crippen molar-refractivity contribution >= 4 is 12.2 Å². The summed E-state index contributed by atoms with van der Waals surface area (Å²) < 4.78 is 0. The molecule has 0 heterocycles. The molecule has 1 saturated carbocycles. The zero-order valence-corrected chi connectivity index (χ0v) is 11.0. The maximum Gasteiger partial charge on any atom is 0.235 e. The van der Waals surface area contributed by atoms with Crippen LogP contribution in [0.2, 0.25) is 0 Å². The summed E-state index contributed by atoms with van der Waals surface area (Å²) in [6.45, 7) is 8.22. The molecule has 1 fully saturated rings. The smallest absolute Gasteiger partial charge is 0.211 e. The summed E-state index contributed by atoms with van der Waals surface area (Å²) in [6, 6.07) is -0.0618. The van der Waals surface area contributed by atoms with Gasteiger partial charge < -0.3 is 0 Å². The molecule has 4 nitrogen and oxygen atoms in total. The van der Waals surface area contributed by atoms with Gasteiger partial charge in [0.15, 0.2) is 0 Å². The van der Waals surface area contributed by atoms with Crippen molar-refractivity contribution in [3.05, 3.63) is 0 Å².